The van der Waals surface area contributed by atoms with E-state index >= 15 is 0 Å². The van der Waals surface area contributed by atoms with E-state index in [9.17, 15) is 18.4 Å². The van der Waals surface area contributed by atoms with Gasteiger partial charge in [0.2, 0.25) is 0 Å². The van der Waals surface area contributed by atoms with Crippen molar-refractivity contribution >= 4 is 37.0 Å². The summed E-state index contributed by atoms with van der Waals surface area (Å²) in [5.74, 6) is -4.31. The number of rotatable bonds is 4. The Morgan fingerprint density at radius 2 is 1.27 bits per heavy atom. The van der Waals surface area contributed by atoms with Gasteiger partial charge in [-0.25, -0.2) is 13.6 Å². The van der Waals surface area contributed by atoms with Gasteiger partial charge in [0.05, 0.1) is 12.1 Å². The van der Waals surface area contributed by atoms with E-state index in [0.717, 1.165) is 4.90 Å². The zero-order valence-corrected chi connectivity index (χ0v) is 15.7. The van der Waals surface area contributed by atoms with Gasteiger partial charge in [-0.1, -0.05) is 24.3 Å². The average Bonchev–Trinajstić information content (AvgIpc) is 3.07. The summed E-state index contributed by atoms with van der Waals surface area (Å²) in [5, 5.41) is 43.6. The van der Waals surface area contributed by atoms with Crippen LogP contribution < -0.4 is 10.9 Å². The summed E-state index contributed by atoms with van der Waals surface area (Å²) in [7, 11) is -3.15. The number of nitrogens with zero attached hydrogens (tertiary/aromatic N) is 1. The SMILES string of the molecule is O=C(O)c1ccc(B(O)O)cc1.O=C(c1ccc(B(O)O)cc1)N1CCC(F)(F)C1. The van der Waals surface area contributed by atoms with E-state index in [4.69, 9.17) is 25.2 Å². The monoisotopic (exact) mass is 421 g/mol. The molecule has 2 aromatic rings. The number of halogens is 2. The second-order valence-electron chi connectivity index (χ2n) is 6.63. The highest BCUT2D eigenvalue weighted by Crippen LogP contribution is 2.27. The molecule has 0 atom stereocenters. The van der Waals surface area contributed by atoms with E-state index in [0.29, 0.717) is 0 Å². The van der Waals surface area contributed by atoms with Gasteiger partial charge >= 0.3 is 20.2 Å². The number of hydrogen-bond donors (Lipinski definition) is 5. The number of hydrogen-bond acceptors (Lipinski definition) is 6. The molecular weight excluding hydrogens is 402 g/mol. The van der Waals surface area contributed by atoms with Crippen LogP contribution >= 0.6 is 0 Å². The fourth-order valence-electron chi connectivity index (χ4n) is 2.69. The van der Waals surface area contributed by atoms with Crippen molar-refractivity contribution in [1.29, 1.82) is 0 Å². The number of amides is 1. The number of aromatic carboxylic acids is 1. The van der Waals surface area contributed by atoms with Crippen molar-refractivity contribution < 1.29 is 43.6 Å². The van der Waals surface area contributed by atoms with Crippen LogP contribution in [0.25, 0.3) is 0 Å². The van der Waals surface area contributed by atoms with Crippen molar-refractivity contribution in [3.63, 3.8) is 0 Å². The van der Waals surface area contributed by atoms with E-state index in [2.05, 4.69) is 0 Å². The molecule has 1 amide bonds. The van der Waals surface area contributed by atoms with Gasteiger partial charge in [0, 0.05) is 18.5 Å². The Morgan fingerprint density at radius 1 is 0.833 bits per heavy atom. The first-order chi connectivity index (χ1) is 14.0. The van der Waals surface area contributed by atoms with E-state index in [1.807, 2.05) is 0 Å². The lowest BCUT2D eigenvalue weighted by Crippen LogP contribution is -2.33. The Bertz CT molecular complexity index is 877. The molecule has 158 valence electrons. The van der Waals surface area contributed by atoms with Crippen molar-refractivity contribution in [2.75, 3.05) is 13.1 Å². The van der Waals surface area contributed by atoms with Gasteiger partial charge in [0.15, 0.2) is 0 Å². The molecule has 1 fully saturated rings. The molecule has 5 N–H and O–H groups in total. The topological polar surface area (TPSA) is 139 Å². The molecule has 3 rings (SSSR count). The minimum Gasteiger partial charge on any atom is -0.478 e. The van der Waals surface area contributed by atoms with Crippen LogP contribution in [-0.4, -0.2) is 75.2 Å². The molecule has 0 saturated carbocycles. The Balaban J connectivity index is 0.000000232. The second-order valence-corrected chi connectivity index (χ2v) is 6.63. The van der Waals surface area contributed by atoms with Gasteiger partial charge in [0.1, 0.15) is 0 Å². The minimum atomic E-state index is -2.81. The predicted molar refractivity (Wildman–Crippen MR) is 105 cm³/mol. The lowest BCUT2D eigenvalue weighted by atomic mass is 9.80. The summed E-state index contributed by atoms with van der Waals surface area (Å²) in [6.07, 6.45) is -0.313. The maximum absolute atomic E-state index is 13.0. The summed E-state index contributed by atoms with van der Waals surface area (Å²) >= 11 is 0. The molecule has 0 spiro atoms. The van der Waals surface area contributed by atoms with Crippen molar-refractivity contribution in [3.05, 3.63) is 59.7 Å². The third kappa shape index (κ3) is 6.36. The van der Waals surface area contributed by atoms with Crippen molar-refractivity contribution in [3.8, 4) is 0 Å². The number of carbonyl (C=O) groups excluding carboxylic acids is 1. The van der Waals surface area contributed by atoms with E-state index in [1.165, 1.54) is 48.5 Å². The van der Waals surface area contributed by atoms with Gasteiger partial charge in [-0.3, -0.25) is 4.79 Å². The number of carbonyl (C=O) groups is 2. The fourth-order valence-corrected chi connectivity index (χ4v) is 2.69. The number of likely N-dealkylation sites (tertiary alicyclic amines) is 1. The maximum atomic E-state index is 13.0. The largest absolute Gasteiger partial charge is 0.488 e. The number of carboxylic acids is 1. The van der Waals surface area contributed by atoms with Crippen LogP contribution in [0.2, 0.25) is 0 Å². The third-order valence-corrected chi connectivity index (χ3v) is 4.37. The van der Waals surface area contributed by atoms with E-state index in [-0.39, 0.29) is 35.0 Å². The molecule has 1 heterocycles. The molecule has 1 aliphatic rings. The van der Waals surface area contributed by atoms with Gasteiger partial charge < -0.3 is 30.1 Å². The Morgan fingerprint density at radius 3 is 1.60 bits per heavy atom. The van der Waals surface area contributed by atoms with Crippen molar-refractivity contribution in [2.24, 2.45) is 0 Å². The summed E-state index contributed by atoms with van der Waals surface area (Å²) in [4.78, 5) is 23.3. The molecule has 0 aromatic heterocycles. The maximum Gasteiger partial charge on any atom is 0.488 e. The molecule has 2 aromatic carbocycles. The molecule has 0 bridgehead atoms. The highest BCUT2D eigenvalue weighted by atomic mass is 19.3. The van der Waals surface area contributed by atoms with E-state index < -0.39 is 38.6 Å². The molecule has 30 heavy (non-hydrogen) atoms. The highest BCUT2D eigenvalue weighted by Gasteiger charge is 2.40. The highest BCUT2D eigenvalue weighted by molar-refractivity contribution is 6.58. The van der Waals surface area contributed by atoms with Gasteiger partial charge in [0.25, 0.3) is 11.8 Å². The van der Waals surface area contributed by atoms with Crippen LogP contribution in [0.4, 0.5) is 8.78 Å². The van der Waals surface area contributed by atoms with Crippen molar-refractivity contribution in [1.82, 2.24) is 4.90 Å². The number of benzene rings is 2. The van der Waals surface area contributed by atoms with Crippen LogP contribution in [0.3, 0.4) is 0 Å². The van der Waals surface area contributed by atoms with E-state index in [1.54, 1.807) is 0 Å². The standard InChI is InChI=1S/C11H12BF2NO3.C7H7BO4/c13-11(14)5-6-15(7-11)10(16)8-1-3-9(4-2-8)12(17)18;9-7(10)5-1-3-6(4-2-5)8(11)12/h1-4,17-18H,5-7H2;1-4,11-12H,(H,9,10). The van der Waals surface area contributed by atoms with Crippen LogP contribution in [-0.2, 0) is 0 Å². The first kappa shape index (κ1) is 23.5. The lowest BCUT2D eigenvalue weighted by molar-refractivity contribution is 0.0120. The molecule has 8 nitrogen and oxygen atoms in total. The third-order valence-electron chi connectivity index (χ3n) is 4.37. The molecule has 0 aliphatic carbocycles. The fraction of sp³-hybridized carbons (Fsp3) is 0.222. The number of alkyl halides is 2. The molecule has 1 saturated heterocycles. The summed E-state index contributed by atoms with van der Waals surface area (Å²) < 4.78 is 26.0. The summed E-state index contributed by atoms with van der Waals surface area (Å²) in [5.41, 5.74) is 0.912. The molecule has 0 radical (unpaired) electrons. The van der Waals surface area contributed by atoms with Crippen LogP contribution in [0, 0.1) is 0 Å². The first-order valence-corrected chi connectivity index (χ1v) is 8.83. The first-order valence-electron chi connectivity index (χ1n) is 8.83. The second kappa shape index (κ2) is 9.81. The predicted octanol–water partition coefficient (Wildman–Crippen LogP) is -1.09. The quantitative estimate of drug-likeness (QED) is 0.396. The number of carboxylic acid groups (broad SMARTS) is 1. The van der Waals surface area contributed by atoms with Crippen LogP contribution in [0.15, 0.2) is 48.5 Å². The van der Waals surface area contributed by atoms with Gasteiger partial charge in [-0.15, -0.1) is 0 Å². The lowest BCUT2D eigenvalue weighted by Gasteiger charge is -2.16. The van der Waals surface area contributed by atoms with Crippen LogP contribution in [0.5, 0.6) is 0 Å². The minimum absolute atomic E-state index is 0.0379. The van der Waals surface area contributed by atoms with Crippen molar-refractivity contribution in [2.45, 2.75) is 12.3 Å². The average molecular weight is 421 g/mol. The summed E-state index contributed by atoms with van der Waals surface area (Å²) in [6.45, 7) is -0.521. The van der Waals surface area contributed by atoms with Gasteiger partial charge in [-0.2, -0.15) is 0 Å². The molecule has 0 unspecified atom stereocenters. The Hall–Kier alpha value is -2.79. The van der Waals surface area contributed by atoms with Crippen LogP contribution in [0.1, 0.15) is 27.1 Å². The zero-order valence-electron chi connectivity index (χ0n) is 15.7. The molecule has 12 heteroatoms. The smallest absolute Gasteiger partial charge is 0.478 e. The molecule has 1 aliphatic heterocycles. The zero-order chi connectivity index (χ0) is 22.5. The Kier molecular flexibility index (Phi) is 7.68. The molecular formula is C18H19B2F2NO7. The Labute approximate surface area is 171 Å². The normalized spacial score (nSPS) is 14.5. The van der Waals surface area contributed by atoms with Gasteiger partial charge in [-0.05, 0) is 35.2 Å². The summed E-state index contributed by atoms with van der Waals surface area (Å²) in [6, 6.07) is 10.9.